The quantitative estimate of drug-likeness (QED) is 0.525. The van der Waals surface area contributed by atoms with Gasteiger partial charge >= 0.3 is 0 Å². The molecule has 0 fully saturated rings. The van der Waals surface area contributed by atoms with Crippen LogP contribution in [0, 0.1) is 0 Å². The molecule has 0 aromatic heterocycles. The van der Waals surface area contributed by atoms with Crippen LogP contribution in [-0.2, 0) is 4.57 Å². The van der Waals surface area contributed by atoms with E-state index in [1.54, 1.807) is 24.3 Å². The van der Waals surface area contributed by atoms with Gasteiger partial charge < -0.3 is 20.1 Å². The Bertz CT molecular complexity index is 545. The summed E-state index contributed by atoms with van der Waals surface area (Å²) in [7, 11) is -3.14. The van der Waals surface area contributed by atoms with E-state index in [0.717, 1.165) is 0 Å². The van der Waals surface area contributed by atoms with Gasteiger partial charge in [0.2, 0.25) is 0 Å². The lowest BCUT2D eigenvalue weighted by molar-refractivity contribution is 0.235. The maximum Gasteiger partial charge on any atom is 0.171 e. The van der Waals surface area contributed by atoms with E-state index >= 15 is 0 Å². The molecule has 0 bridgehead atoms. The third-order valence-electron chi connectivity index (χ3n) is 3.31. The molecule has 2 aromatic carbocycles. The van der Waals surface area contributed by atoms with Crippen molar-refractivity contribution in [3.63, 3.8) is 0 Å². The number of hydrogen-bond donors (Lipinski definition) is 3. The van der Waals surface area contributed by atoms with Crippen LogP contribution >= 0.6 is 7.14 Å². The second-order valence-corrected chi connectivity index (χ2v) is 7.68. The van der Waals surface area contributed by atoms with E-state index < -0.39 is 13.0 Å². The Morgan fingerprint density at radius 1 is 0.952 bits per heavy atom. The highest BCUT2D eigenvalue weighted by molar-refractivity contribution is 7.79. The summed E-state index contributed by atoms with van der Waals surface area (Å²) in [5, 5.41) is 23.5. The van der Waals surface area contributed by atoms with Crippen molar-refractivity contribution in [2.75, 3.05) is 19.7 Å². The van der Waals surface area contributed by atoms with Crippen molar-refractivity contribution in [1.29, 1.82) is 0 Å². The molecule has 0 aliphatic heterocycles. The van der Waals surface area contributed by atoms with Crippen molar-refractivity contribution in [2.45, 2.75) is 5.85 Å². The molecule has 0 radical (unpaired) electrons. The number of rotatable bonds is 7. The van der Waals surface area contributed by atoms with Crippen LogP contribution < -0.4 is 15.9 Å². The summed E-state index contributed by atoms with van der Waals surface area (Å²) in [5.74, 6) is -1.03. The zero-order chi connectivity index (χ0) is 15.1. The van der Waals surface area contributed by atoms with Crippen molar-refractivity contribution in [3.05, 3.63) is 60.7 Å². The van der Waals surface area contributed by atoms with Crippen LogP contribution in [0.2, 0.25) is 0 Å². The lowest BCUT2D eigenvalue weighted by Gasteiger charge is -2.25. The van der Waals surface area contributed by atoms with Crippen molar-refractivity contribution < 1.29 is 14.8 Å². The van der Waals surface area contributed by atoms with Crippen molar-refractivity contribution >= 4 is 17.8 Å². The molecule has 0 amide bonds. The summed E-state index contributed by atoms with van der Waals surface area (Å²) in [4.78, 5) is 0. The van der Waals surface area contributed by atoms with Gasteiger partial charge in [-0.1, -0.05) is 60.7 Å². The Kier molecular flexibility index (Phi) is 5.71. The van der Waals surface area contributed by atoms with E-state index in [9.17, 15) is 9.67 Å². The molecule has 1 atom stereocenters. The highest BCUT2D eigenvalue weighted by Crippen LogP contribution is 2.47. The van der Waals surface area contributed by atoms with Gasteiger partial charge in [0, 0.05) is 23.7 Å². The van der Waals surface area contributed by atoms with Crippen molar-refractivity contribution in [3.8, 4) is 0 Å². The number of hydrogen-bond acceptors (Lipinski definition) is 4. The topological polar surface area (TPSA) is 69.6 Å². The lowest BCUT2D eigenvalue weighted by atomic mass is 10.4. The van der Waals surface area contributed by atoms with E-state index in [1.165, 1.54) is 0 Å². The van der Waals surface area contributed by atoms with Gasteiger partial charge in [0.15, 0.2) is 7.14 Å². The first-order chi connectivity index (χ1) is 10.2. The second kappa shape index (κ2) is 7.53. The number of benzene rings is 2. The predicted octanol–water partition coefficient (Wildman–Crippen LogP) is 0.901. The van der Waals surface area contributed by atoms with E-state index in [0.29, 0.717) is 17.2 Å². The number of aliphatic hydroxyl groups excluding tert-OH is 2. The average Bonchev–Trinajstić information content (AvgIpc) is 2.56. The molecule has 112 valence electrons. The molecule has 3 N–H and O–H groups in total. The maximum atomic E-state index is 13.6. The smallest absolute Gasteiger partial charge is 0.171 e. The van der Waals surface area contributed by atoms with Crippen LogP contribution in [-0.4, -0.2) is 35.8 Å². The Hall–Kier alpha value is -1.45. The van der Waals surface area contributed by atoms with Gasteiger partial charge in [-0.3, -0.25) is 0 Å². The molecule has 2 aromatic rings. The van der Waals surface area contributed by atoms with Gasteiger partial charge in [-0.05, 0) is 0 Å². The molecule has 0 heterocycles. The third-order valence-corrected chi connectivity index (χ3v) is 6.47. The molecule has 4 nitrogen and oxygen atoms in total. The fraction of sp³-hybridized carbons (Fsp3) is 0.250. The fourth-order valence-corrected chi connectivity index (χ4v) is 4.83. The molecule has 0 aliphatic rings. The van der Waals surface area contributed by atoms with Crippen LogP contribution in [0.4, 0.5) is 0 Å². The molecule has 5 heteroatoms. The third kappa shape index (κ3) is 3.60. The summed E-state index contributed by atoms with van der Waals surface area (Å²) >= 11 is 0. The minimum absolute atomic E-state index is 0.0201. The number of aliphatic hydroxyl groups is 2. The second-order valence-electron chi connectivity index (χ2n) is 4.74. The zero-order valence-corrected chi connectivity index (χ0v) is 12.6. The minimum Gasteiger partial charge on any atom is -0.395 e. The maximum absolute atomic E-state index is 13.6. The Morgan fingerprint density at radius 3 is 1.86 bits per heavy atom. The molecule has 0 saturated heterocycles. The monoisotopic (exact) mass is 305 g/mol. The van der Waals surface area contributed by atoms with Gasteiger partial charge in [0.05, 0.1) is 6.61 Å². The van der Waals surface area contributed by atoms with Crippen LogP contribution in [0.5, 0.6) is 0 Å². The molecule has 21 heavy (non-hydrogen) atoms. The van der Waals surface area contributed by atoms with Crippen molar-refractivity contribution in [1.82, 2.24) is 5.32 Å². The highest BCUT2D eigenvalue weighted by atomic mass is 31.2. The molecular formula is C16H20NO3P. The SMILES string of the molecule is O=P(c1ccccc1)(c1ccccc1)C(O)CNCCO. The van der Waals surface area contributed by atoms with Gasteiger partial charge in [0.1, 0.15) is 5.85 Å². The van der Waals surface area contributed by atoms with Gasteiger partial charge in [0.25, 0.3) is 0 Å². The van der Waals surface area contributed by atoms with Gasteiger partial charge in [-0.2, -0.15) is 0 Å². The zero-order valence-electron chi connectivity index (χ0n) is 11.7. The first kappa shape index (κ1) is 15.9. The standard InChI is InChI=1S/C16H20NO3P/c18-12-11-17-13-16(19)21(20,14-7-3-1-4-8-14)15-9-5-2-6-10-15/h1-10,16-19H,11-13H2. The summed E-state index contributed by atoms with van der Waals surface area (Å²) in [6, 6.07) is 18.1. The summed E-state index contributed by atoms with van der Waals surface area (Å²) in [6.07, 6.45) is 0. The first-order valence-electron chi connectivity index (χ1n) is 6.90. The van der Waals surface area contributed by atoms with Crippen LogP contribution in [0.15, 0.2) is 60.7 Å². The van der Waals surface area contributed by atoms with Crippen LogP contribution in [0.25, 0.3) is 0 Å². The fourth-order valence-electron chi connectivity index (χ4n) is 2.23. The van der Waals surface area contributed by atoms with E-state index in [1.807, 2.05) is 36.4 Å². The van der Waals surface area contributed by atoms with E-state index in [-0.39, 0.29) is 13.2 Å². The molecule has 2 rings (SSSR count). The number of nitrogens with one attached hydrogen (secondary N) is 1. The highest BCUT2D eigenvalue weighted by Gasteiger charge is 2.34. The molecular weight excluding hydrogens is 285 g/mol. The van der Waals surface area contributed by atoms with Gasteiger partial charge in [-0.25, -0.2) is 0 Å². The predicted molar refractivity (Wildman–Crippen MR) is 85.7 cm³/mol. The molecule has 0 aliphatic carbocycles. The lowest BCUT2D eigenvalue weighted by Crippen LogP contribution is -2.35. The Balaban J connectivity index is 2.38. The Labute approximate surface area is 124 Å². The first-order valence-corrected chi connectivity index (χ1v) is 8.68. The normalized spacial score (nSPS) is 13.0. The molecule has 0 spiro atoms. The summed E-state index contributed by atoms with van der Waals surface area (Å²) in [6.45, 7) is 0.510. The summed E-state index contributed by atoms with van der Waals surface area (Å²) < 4.78 is 13.6. The van der Waals surface area contributed by atoms with Crippen LogP contribution in [0.3, 0.4) is 0 Å². The van der Waals surface area contributed by atoms with E-state index in [4.69, 9.17) is 5.11 Å². The largest absolute Gasteiger partial charge is 0.395 e. The van der Waals surface area contributed by atoms with Crippen molar-refractivity contribution in [2.24, 2.45) is 0 Å². The summed E-state index contributed by atoms with van der Waals surface area (Å²) in [5.41, 5.74) is 0. The minimum atomic E-state index is -3.14. The van der Waals surface area contributed by atoms with Crippen LogP contribution in [0.1, 0.15) is 0 Å². The molecule has 0 saturated carbocycles. The van der Waals surface area contributed by atoms with E-state index in [2.05, 4.69) is 5.32 Å². The molecule has 1 unspecified atom stereocenters. The average molecular weight is 305 g/mol. The Morgan fingerprint density at radius 2 is 1.43 bits per heavy atom. The van der Waals surface area contributed by atoms with Gasteiger partial charge in [-0.15, -0.1) is 0 Å².